The highest BCUT2D eigenvalue weighted by atomic mass is 16.5. The number of nitrogens with one attached hydrogen (secondary N) is 1. The minimum atomic E-state index is 0.953. The van der Waals surface area contributed by atoms with Crippen LogP contribution in [0.1, 0.15) is 71.1 Å². The van der Waals surface area contributed by atoms with E-state index in [0.717, 1.165) is 25.4 Å². The minimum absolute atomic E-state index is 0.953. The Morgan fingerprint density at radius 3 is 2.27 bits per heavy atom. The number of unbranched alkanes of at least 4 members (excludes halogenated alkanes) is 8. The Morgan fingerprint density at radius 1 is 0.909 bits per heavy atom. The summed E-state index contributed by atoms with van der Waals surface area (Å²) in [4.78, 5) is 4.09. The zero-order valence-electron chi connectivity index (χ0n) is 14.4. The van der Waals surface area contributed by atoms with Crippen molar-refractivity contribution < 1.29 is 4.74 Å². The van der Waals surface area contributed by atoms with E-state index in [-0.39, 0.29) is 0 Å². The summed E-state index contributed by atoms with van der Waals surface area (Å²) in [5, 5.41) is 3.40. The smallest absolute Gasteiger partial charge is 0.0526 e. The Labute approximate surface area is 136 Å². The van der Waals surface area contributed by atoms with Gasteiger partial charge in [-0.2, -0.15) is 0 Å². The quantitative estimate of drug-likeness (QED) is 0.439. The largest absolute Gasteiger partial charge is 0.384 e. The van der Waals surface area contributed by atoms with E-state index in [9.17, 15) is 0 Å². The third-order valence-electron chi connectivity index (χ3n) is 3.85. The predicted molar refractivity (Wildman–Crippen MR) is 95.4 cm³/mol. The van der Waals surface area contributed by atoms with Gasteiger partial charge in [-0.15, -0.1) is 0 Å². The van der Waals surface area contributed by atoms with E-state index < -0.39 is 0 Å². The van der Waals surface area contributed by atoms with Gasteiger partial charge in [0.2, 0.25) is 0 Å². The summed E-state index contributed by atoms with van der Waals surface area (Å²) >= 11 is 0. The van der Waals surface area contributed by atoms with E-state index in [1.165, 1.54) is 64.2 Å². The maximum absolute atomic E-state index is 5.66. The molecule has 1 aromatic rings. The fourth-order valence-corrected chi connectivity index (χ4v) is 2.47. The maximum Gasteiger partial charge on any atom is 0.0526 e. The average Bonchev–Trinajstić information content (AvgIpc) is 2.56. The van der Waals surface area contributed by atoms with Crippen molar-refractivity contribution in [1.82, 2.24) is 4.98 Å². The lowest BCUT2D eigenvalue weighted by Crippen LogP contribution is -2.01. The molecule has 0 fully saturated rings. The number of anilines is 1. The van der Waals surface area contributed by atoms with Gasteiger partial charge in [-0.3, -0.25) is 4.98 Å². The van der Waals surface area contributed by atoms with Crippen molar-refractivity contribution in [1.29, 1.82) is 0 Å². The highest BCUT2D eigenvalue weighted by Crippen LogP contribution is 2.08. The Morgan fingerprint density at radius 2 is 1.59 bits per heavy atom. The fraction of sp³-hybridized carbons (Fsp3) is 0.737. The van der Waals surface area contributed by atoms with Gasteiger partial charge in [-0.25, -0.2) is 0 Å². The first-order valence-electron chi connectivity index (χ1n) is 9.15. The maximum atomic E-state index is 5.66. The molecule has 0 aromatic carbocycles. The molecule has 0 saturated heterocycles. The van der Waals surface area contributed by atoms with E-state index in [1.54, 1.807) is 6.20 Å². The van der Waals surface area contributed by atoms with Crippen LogP contribution >= 0.6 is 0 Å². The number of ether oxygens (including phenoxy) is 1. The molecular formula is C19H34N2O. The molecule has 0 aliphatic heterocycles. The molecule has 0 spiro atoms. The van der Waals surface area contributed by atoms with Gasteiger partial charge in [-0.05, 0) is 31.4 Å². The predicted octanol–water partition coefficient (Wildman–Crippen LogP) is 5.43. The van der Waals surface area contributed by atoms with Crippen LogP contribution in [0.4, 0.5) is 5.69 Å². The first kappa shape index (κ1) is 19.0. The second kappa shape index (κ2) is 14.8. The summed E-state index contributed by atoms with van der Waals surface area (Å²) in [5.41, 5.74) is 1.12. The Hall–Kier alpha value is -1.09. The number of aromatic nitrogens is 1. The molecule has 0 bridgehead atoms. The number of pyridine rings is 1. The van der Waals surface area contributed by atoms with Gasteiger partial charge in [0.05, 0.1) is 5.69 Å². The number of rotatable bonds is 15. The monoisotopic (exact) mass is 306 g/mol. The summed E-state index contributed by atoms with van der Waals surface area (Å²) in [5.74, 6) is 0. The van der Waals surface area contributed by atoms with Crippen LogP contribution in [0, 0.1) is 0 Å². The minimum Gasteiger partial charge on any atom is -0.384 e. The van der Waals surface area contributed by atoms with Crippen molar-refractivity contribution in [3.63, 3.8) is 0 Å². The standard InChI is InChI=1S/C19H34N2O/c1-2-3-4-10-16-22-17-11-8-6-5-7-9-15-21-19-13-12-14-20-18-19/h12-14,18,21H,2-11,15-17H2,1H3. The Balaban J connectivity index is 1.73. The normalized spacial score (nSPS) is 10.8. The molecular weight excluding hydrogens is 272 g/mol. The molecule has 0 atom stereocenters. The number of hydrogen-bond donors (Lipinski definition) is 1. The SMILES string of the molecule is CCCCCCOCCCCCCCCNc1cccnc1. The van der Waals surface area contributed by atoms with Crippen LogP contribution in [0.15, 0.2) is 24.5 Å². The molecule has 1 N–H and O–H groups in total. The first-order chi connectivity index (χ1) is 10.9. The van der Waals surface area contributed by atoms with Crippen LogP contribution < -0.4 is 5.32 Å². The zero-order chi connectivity index (χ0) is 15.7. The number of nitrogens with zero attached hydrogens (tertiary/aromatic N) is 1. The van der Waals surface area contributed by atoms with Gasteiger partial charge in [0.15, 0.2) is 0 Å². The molecule has 0 aliphatic rings. The van der Waals surface area contributed by atoms with Gasteiger partial charge in [0.1, 0.15) is 0 Å². The second-order valence-corrected chi connectivity index (χ2v) is 5.96. The molecule has 0 amide bonds. The van der Waals surface area contributed by atoms with E-state index in [0.29, 0.717) is 0 Å². The summed E-state index contributed by atoms with van der Waals surface area (Å²) in [7, 11) is 0. The van der Waals surface area contributed by atoms with Crippen LogP contribution in [0.3, 0.4) is 0 Å². The van der Waals surface area contributed by atoms with Crippen molar-refractivity contribution in [2.75, 3.05) is 25.1 Å². The third-order valence-corrected chi connectivity index (χ3v) is 3.85. The van der Waals surface area contributed by atoms with Gasteiger partial charge in [-0.1, -0.05) is 51.9 Å². The molecule has 1 rings (SSSR count). The molecule has 1 heterocycles. The lowest BCUT2D eigenvalue weighted by atomic mass is 10.1. The zero-order valence-corrected chi connectivity index (χ0v) is 14.4. The van der Waals surface area contributed by atoms with Crippen LogP contribution in [-0.2, 0) is 4.74 Å². The van der Waals surface area contributed by atoms with Crippen molar-refractivity contribution in [3.8, 4) is 0 Å². The van der Waals surface area contributed by atoms with Crippen LogP contribution in [0.2, 0.25) is 0 Å². The van der Waals surface area contributed by atoms with E-state index in [2.05, 4.69) is 23.3 Å². The summed E-state index contributed by atoms with van der Waals surface area (Å²) in [6.45, 7) is 5.21. The van der Waals surface area contributed by atoms with Crippen molar-refractivity contribution in [2.24, 2.45) is 0 Å². The summed E-state index contributed by atoms with van der Waals surface area (Å²) in [6, 6.07) is 4.03. The van der Waals surface area contributed by atoms with Gasteiger partial charge < -0.3 is 10.1 Å². The molecule has 22 heavy (non-hydrogen) atoms. The first-order valence-corrected chi connectivity index (χ1v) is 9.15. The van der Waals surface area contributed by atoms with Gasteiger partial charge in [0.25, 0.3) is 0 Å². The lowest BCUT2D eigenvalue weighted by molar-refractivity contribution is 0.126. The topological polar surface area (TPSA) is 34.1 Å². The van der Waals surface area contributed by atoms with Gasteiger partial charge >= 0.3 is 0 Å². The molecule has 0 saturated carbocycles. The highest BCUT2D eigenvalue weighted by molar-refractivity contribution is 5.39. The van der Waals surface area contributed by atoms with E-state index >= 15 is 0 Å². The van der Waals surface area contributed by atoms with Crippen LogP contribution in [-0.4, -0.2) is 24.7 Å². The fourth-order valence-electron chi connectivity index (χ4n) is 2.47. The number of hydrogen-bond acceptors (Lipinski definition) is 3. The molecule has 0 unspecified atom stereocenters. The highest BCUT2D eigenvalue weighted by Gasteiger charge is 1.94. The van der Waals surface area contributed by atoms with E-state index in [1.807, 2.05) is 12.3 Å². The van der Waals surface area contributed by atoms with Crippen LogP contribution in [0.5, 0.6) is 0 Å². The molecule has 0 aliphatic carbocycles. The molecule has 3 heteroatoms. The van der Waals surface area contributed by atoms with Gasteiger partial charge in [0, 0.05) is 32.2 Å². The Bertz CT molecular complexity index is 329. The van der Waals surface area contributed by atoms with Crippen molar-refractivity contribution >= 4 is 5.69 Å². The molecule has 0 radical (unpaired) electrons. The molecule has 3 nitrogen and oxygen atoms in total. The summed E-state index contributed by atoms with van der Waals surface area (Å²) < 4.78 is 5.66. The Kier molecular flexibility index (Phi) is 12.8. The van der Waals surface area contributed by atoms with Crippen LogP contribution in [0.25, 0.3) is 0 Å². The summed E-state index contributed by atoms with van der Waals surface area (Å²) in [6.07, 6.45) is 16.7. The average molecular weight is 306 g/mol. The molecule has 126 valence electrons. The molecule has 1 aromatic heterocycles. The van der Waals surface area contributed by atoms with E-state index in [4.69, 9.17) is 4.74 Å². The second-order valence-electron chi connectivity index (χ2n) is 5.96. The third kappa shape index (κ3) is 11.6. The lowest BCUT2D eigenvalue weighted by Gasteiger charge is -2.06. The van der Waals surface area contributed by atoms with Crippen molar-refractivity contribution in [3.05, 3.63) is 24.5 Å². The van der Waals surface area contributed by atoms with Crippen molar-refractivity contribution in [2.45, 2.75) is 71.1 Å².